The van der Waals surface area contributed by atoms with E-state index in [2.05, 4.69) is 0 Å². The third-order valence-corrected chi connectivity index (χ3v) is 2.39. The maximum Gasteiger partial charge on any atom is 0.336 e. The molecule has 3 N–H and O–H groups in total. The second kappa shape index (κ2) is 7.44. The zero-order valence-corrected chi connectivity index (χ0v) is 10.8. The molecule has 2 rings (SSSR count). The molecule has 6 heteroatoms. The van der Waals surface area contributed by atoms with Crippen LogP contribution in [-0.2, 0) is 0 Å². The molecule has 0 aliphatic rings. The molecule has 0 bridgehead atoms. The molecule has 2 aromatic carbocycles. The first-order valence-corrected chi connectivity index (χ1v) is 5.77. The highest BCUT2D eigenvalue weighted by Crippen LogP contribution is 2.12. The molecule has 0 aromatic heterocycles. The van der Waals surface area contributed by atoms with E-state index in [0.29, 0.717) is 0 Å². The molecule has 21 heavy (non-hydrogen) atoms. The van der Waals surface area contributed by atoms with Gasteiger partial charge in [0.05, 0.1) is 16.7 Å². The highest BCUT2D eigenvalue weighted by molar-refractivity contribution is 6.03. The van der Waals surface area contributed by atoms with Gasteiger partial charge in [-0.05, 0) is 18.2 Å². The third-order valence-electron chi connectivity index (χ3n) is 2.39. The lowest BCUT2D eigenvalue weighted by Gasteiger charge is -2.02. The van der Waals surface area contributed by atoms with Crippen molar-refractivity contribution >= 4 is 17.9 Å². The summed E-state index contributed by atoms with van der Waals surface area (Å²) in [6.45, 7) is 0. The van der Waals surface area contributed by atoms with E-state index in [1.807, 2.05) is 36.4 Å². The number of benzene rings is 2. The van der Waals surface area contributed by atoms with Crippen LogP contribution in [-0.4, -0.2) is 33.2 Å². The summed E-state index contributed by atoms with van der Waals surface area (Å²) in [5.41, 5.74) is -1.24. The lowest BCUT2D eigenvalue weighted by Crippen LogP contribution is -2.10. The van der Waals surface area contributed by atoms with Crippen molar-refractivity contribution in [3.63, 3.8) is 0 Å². The van der Waals surface area contributed by atoms with Gasteiger partial charge in [-0.1, -0.05) is 36.4 Å². The molecule has 0 saturated carbocycles. The Balaban J connectivity index is 0.000000304. The zero-order chi connectivity index (χ0) is 15.8. The van der Waals surface area contributed by atoms with Crippen molar-refractivity contribution in [2.24, 2.45) is 0 Å². The number of carboxylic acid groups (broad SMARTS) is 3. The van der Waals surface area contributed by atoms with Crippen LogP contribution < -0.4 is 0 Å². The summed E-state index contributed by atoms with van der Waals surface area (Å²) in [5.74, 6) is -4.20. The number of carboxylic acids is 3. The lowest BCUT2D eigenvalue weighted by atomic mass is 10.0. The van der Waals surface area contributed by atoms with Crippen molar-refractivity contribution in [1.82, 2.24) is 0 Å². The molecule has 0 atom stereocenters. The lowest BCUT2D eigenvalue weighted by molar-refractivity contribution is 0.0649. The maximum absolute atomic E-state index is 10.6. The minimum Gasteiger partial charge on any atom is -0.478 e. The molecule has 0 aliphatic carbocycles. The molecule has 6 nitrogen and oxygen atoms in total. The van der Waals surface area contributed by atoms with Crippen molar-refractivity contribution in [1.29, 1.82) is 0 Å². The second-order valence-corrected chi connectivity index (χ2v) is 3.83. The first-order valence-electron chi connectivity index (χ1n) is 5.77. The first kappa shape index (κ1) is 15.9. The van der Waals surface area contributed by atoms with E-state index in [9.17, 15) is 14.4 Å². The molecule has 0 saturated heterocycles. The SMILES string of the molecule is O=C(O)c1ccc(C(=O)O)c(C(=O)O)c1.c1ccccc1. The van der Waals surface area contributed by atoms with E-state index in [0.717, 1.165) is 18.2 Å². The number of aromatic carboxylic acids is 3. The first-order chi connectivity index (χ1) is 9.93. The van der Waals surface area contributed by atoms with Crippen molar-refractivity contribution in [2.45, 2.75) is 0 Å². The molecule has 0 spiro atoms. The van der Waals surface area contributed by atoms with Crippen LogP contribution in [0, 0.1) is 0 Å². The quantitative estimate of drug-likeness (QED) is 0.799. The van der Waals surface area contributed by atoms with Gasteiger partial charge < -0.3 is 15.3 Å². The van der Waals surface area contributed by atoms with Crippen LogP contribution in [0.3, 0.4) is 0 Å². The predicted octanol–water partition coefficient (Wildman–Crippen LogP) is 2.47. The van der Waals surface area contributed by atoms with E-state index < -0.39 is 29.0 Å². The third kappa shape index (κ3) is 4.79. The van der Waals surface area contributed by atoms with E-state index in [4.69, 9.17) is 15.3 Å². The van der Waals surface area contributed by atoms with Gasteiger partial charge in [-0.25, -0.2) is 14.4 Å². The van der Waals surface area contributed by atoms with Gasteiger partial charge in [0, 0.05) is 0 Å². The van der Waals surface area contributed by atoms with Crippen LogP contribution in [0.5, 0.6) is 0 Å². The average Bonchev–Trinajstić information content (AvgIpc) is 2.48. The second-order valence-electron chi connectivity index (χ2n) is 3.83. The van der Waals surface area contributed by atoms with E-state index in [1.54, 1.807) is 0 Å². The number of hydrogen-bond acceptors (Lipinski definition) is 3. The Morgan fingerprint density at radius 2 is 1.05 bits per heavy atom. The van der Waals surface area contributed by atoms with Crippen LogP contribution >= 0.6 is 0 Å². The van der Waals surface area contributed by atoms with Crippen molar-refractivity contribution in [3.05, 3.63) is 71.3 Å². The fourth-order valence-corrected chi connectivity index (χ4v) is 1.43. The topological polar surface area (TPSA) is 112 Å². The van der Waals surface area contributed by atoms with Crippen molar-refractivity contribution < 1.29 is 29.7 Å². The number of hydrogen-bond donors (Lipinski definition) is 3. The monoisotopic (exact) mass is 288 g/mol. The molecular formula is C15H12O6. The van der Waals surface area contributed by atoms with Crippen LogP contribution in [0.1, 0.15) is 31.1 Å². The van der Waals surface area contributed by atoms with Crippen LogP contribution in [0.15, 0.2) is 54.6 Å². The smallest absolute Gasteiger partial charge is 0.336 e. The van der Waals surface area contributed by atoms with Gasteiger partial charge in [-0.2, -0.15) is 0 Å². The highest BCUT2D eigenvalue weighted by Gasteiger charge is 2.17. The van der Waals surface area contributed by atoms with Gasteiger partial charge >= 0.3 is 17.9 Å². The number of rotatable bonds is 3. The maximum atomic E-state index is 10.6. The standard InChI is InChI=1S/C9H6O6.C6H6/c10-7(11)4-1-2-5(8(12)13)6(3-4)9(14)15;1-2-4-6-5-3-1/h1-3H,(H,10,11)(H,12,13)(H,14,15);1-6H. The Labute approximate surface area is 119 Å². The van der Waals surface area contributed by atoms with E-state index in [-0.39, 0.29) is 5.56 Å². The summed E-state index contributed by atoms with van der Waals surface area (Å²) in [6, 6.07) is 14.8. The van der Waals surface area contributed by atoms with Gasteiger partial charge in [0.25, 0.3) is 0 Å². The summed E-state index contributed by atoms with van der Waals surface area (Å²) in [5, 5.41) is 25.9. The summed E-state index contributed by atoms with van der Waals surface area (Å²) in [4.78, 5) is 31.8. The molecule has 0 amide bonds. The Morgan fingerprint density at radius 3 is 1.38 bits per heavy atom. The molecule has 0 radical (unpaired) electrons. The van der Waals surface area contributed by atoms with Gasteiger partial charge in [-0.15, -0.1) is 0 Å². The predicted molar refractivity (Wildman–Crippen MR) is 73.8 cm³/mol. The van der Waals surface area contributed by atoms with Gasteiger partial charge in [0.15, 0.2) is 0 Å². The number of carbonyl (C=O) groups is 3. The van der Waals surface area contributed by atoms with Gasteiger partial charge in [0.2, 0.25) is 0 Å². The van der Waals surface area contributed by atoms with Gasteiger partial charge in [-0.3, -0.25) is 0 Å². The zero-order valence-electron chi connectivity index (χ0n) is 10.8. The summed E-state index contributed by atoms with van der Waals surface area (Å²) >= 11 is 0. The molecule has 108 valence electrons. The summed E-state index contributed by atoms with van der Waals surface area (Å²) in [6.07, 6.45) is 0. The average molecular weight is 288 g/mol. The normalized spacial score (nSPS) is 9.14. The van der Waals surface area contributed by atoms with Gasteiger partial charge in [0.1, 0.15) is 0 Å². The molecule has 0 heterocycles. The Kier molecular flexibility index (Phi) is 5.64. The Bertz CT molecular complexity index is 622. The molecule has 2 aromatic rings. The summed E-state index contributed by atoms with van der Waals surface area (Å²) in [7, 11) is 0. The fraction of sp³-hybridized carbons (Fsp3) is 0. The minimum absolute atomic E-state index is 0.266. The van der Waals surface area contributed by atoms with Crippen molar-refractivity contribution in [2.75, 3.05) is 0 Å². The van der Waals surface area contributed by atoms with Crippen LogP contribution in [0.2, 0.25) is 0 Å². The largest absolute Gasteiger partial charge is 0.478 e. The van der Waals surface area contributed by atoms with Crippen LogP contribution in [0.4, 0.5) is 0 Å². The molecule has 0 unspecified atom stereocenters. The molecule has 0 aliphatic heterocycles. The van der Waals surface area contributed by atoms with Crippen molar-refractivity contribution in [3.8, 4) is 0 Å². The van der Waals surface area contributed by atoms with E-state index in [1.165, 1.54) is 0 Å². The Hall–Kier alpha value is -3.15. The molecular weight excluding hydrogens is 276 g/mol. The summed E-state index contributed by atoms with van der Waals surface area (Å²) < 4.78 is 0. The highest BCUT2D eigenvalue weighted by atomic mass is 16.4. The fourth-order valence-electron chi connectivity index (χ4n) is 1.43. The molecule has 0 fully saturated rings. The van der Waals surface area contributed by atoms with E-state index >= 15 is 0 Å². The minimum atomic E-state index is -1.48. The van der Waals surface area contributed by atoms with Crippen LogP contribution in [0.25, 0.3) is 0 Å². The Morgan fingerprint density at radius 1 is 0.619 bits per heavy atom.